The van der Waals surface area contributed by atoms with Crippen LogP contribution in [0.2, 0.25) is 0 Å². The molecule has 3 heteroatoms. The number of rotatable bonds is 7. The lowest BCUT2D eigenvalue weighted by atomic mass is 9.98. The van der Waals surface area contributed by atoms with Crippen molar-refractivity contribution in [1.82, 2.24) is 5.32 Å². The van der Waals surface area contributed by atoms with Crippen molar-refractivity contribution in [1.29, 1.82) is 0 Å². The standard InChI is InChI=1S/C15H23NO2/c1-5-16-10-12(4)15(17)13-8-6-7-9-14(13)18-11(2)3/h6-9,11-12,16H,5,10H2,1-4H3. The largest absolute Gasteiger partial charge is 0.490 e. The van der Waals surface area contributed by atoms with Gasteiger partial charge in [-0.2, -0.15) is 0 Å². The van der Waals surface area contributed by atoms with Crippen LogP contribution in [0.4, 0.5) is 0 Å². The van der Waals surface area contributed by atoms with Crippen molar-refractivity contribution in [3.63, 3.8) is 0 Å². The maximum Gasteiger partial charge on any atom is 0.170 e. The van der Waals surface area contributed by atoms with Crippen molar-refractivity contribution >= 4 is 5.78 Å². The summed E-state index contributed by atoms with van der Waals surface area (Å²) in [4.78, 5) is 12.3. The molecule has 1 N–H and O–H groups in total. The summed E-state index contributed by atoms with van der Waals surface area (Å²) in [7, 11) is 0. The van der Waals surface area contributed by atoms with Gasteiger partial charge in [-0.25, -0.2) is 0 Å². The molecule has 0 aromatic heterocycles. The lowest BCUT2D eigenvalue weighted by molar-refractivity contribution is 0.0923. The minimum absolute atomic E-state index is 0.0399. The molecule has 1 aromatic carbocycles. The molecule has 0 aliphatic rings. The van der Waals surface area contributed by atoms with Gasteiger partial charge in [0.05, 0.1) is 11.7 Å². The second-order valence-corrected chi connectivity index (χ2v) is 4.74. The first-order valence-corrected chi connectivity index (χ1v) is 6.56. The van der Waals surface area contributed by atoms with Gasteiger partial charge >= 0.3 is 0 Å². The van der Waals surface area contributed by atoms with Gasteiger partial charge in [-0.1, -0.05) is 26.0 Å². The van der Waals surface area contributed by atoms with Crippen molar-refractivity contribution in [2.24, 2.45) is 5.92 Å². The molecule has 0 bridgehead atoms. The van der Waals surface area contributed by atoms with Gasteiger partial charge < -0.3 is 10.1 Å². The minimum Gasteiger partial charge on any atom is -0.490 e. The van der Waals surface area contributed by atoms with Gasteiger partial charge in [0.2, 0.25) is 0 Å². The van der Waals surface area contributed by atoms with E-state index in [2.05, 4.69) is 5.32 Å². The smallest absolute Gasteiger partial charge is 0.170 e. The van der Waals surface area contributed by atoms with Crippen molar-refractivity contribution in [3.05, 3.63) is 29.8 Å². The number of carbonyl (C=O) groups excluding carboxylic acids is 1. The van der Waals surface area contributed by atoms with E-state index in [0.717, 1.165) is 6.54 Å². The fourth-order valence-corrected chi connectivity index (χ4v) is 1.75. The maximum absolute atomic E-state index is 12.3. The first-order valence-electron chi connectivity index (χ1n) is 6.56. The van der Waals surface area contributed by atoms with Crippen LogP contribution in [0.5, 0.6) is 5.75 Å². The average Bonchev–Trinajstić information content (AvgIpc) is 2.35. The highest BCUT2D eigenvalue weighted by molar-refractivity contribution is 6.00. The Morgan fingerprint density at radius 3 is 2.56 bits per heavy atom. The van der Waals surface area contributed by atoms with E-state index in [1.807, 2.05) is 52.0 Å². The Labute approximate surface area is 110 Å². The molecular formula is C15H23NO2. The third kappa shape index (κ3) is 4.15. The van der Waals surface area contributed by atoms with Crippen molar-refractivity contribution < 1.29 is 9.53 Å². The number of hydrogen-bond acceptors (Lipinski definition) is 3. The number of para-hydroxylation sites is 1. The third-order valence-electron chi connectivity index (χ3n) is 2.66. The van der Waals surface area contributed by atoms with E-state index in [-0.39, 0.29) is 17.8 Å². The van der Waals surface area contributed by atoms with Crippen molar-refractivity contribution in [3.8, 4) is 5.75 Å². The zero-order chi connectivity index (χ0) is 13.5. The van der Waals surface area contributed by atoms with Crippen LogP contribution in [0.3, 0.4) is 0 Å². The number of nitrogens with one attached hydrogen (secondary N) is 1. The number of ketones is 1. The van der Waals surface area contributed by atoms with Crippen LogP contribution < -0.4 is 10.1 Å². The van der Waals surface area contributed by atoms with Crippen LogP contribution in [-0.2, 0) is 0 Å². The molecule has 1 atom stereocenters. The molecule has 0 spiro atoms. The SMILES string of the molecule is CCNCC(C)C(=O)c1ccccc1OC(C)C. The highest BCUT2D eigenvalue weighted by Gasteiger charge is 2.18. The minimum atomic E-state index is -0.0399. The van der Waals surface area contributed by atoms with Crippen LogP contribution in [0, 0.1) is 5.92 Å². The van der Waals surface area contributed by atoms with E-state index in [4.69, 9.17) is 4.74 Å². The van der Waals surface area contributed by atoms with Gasteiger partial charge in [0.1, 0.15) is 5.75 Å². The monoisotopic (exact) mass is 249 g/mol. The Balaban J connectivity index is 2.84. The fourth-order valence-electron chi connectivity index (χ4n) is 1.75. The molecule has 1 rings (SSSR count). The summed E-state index contributed by atoms with van der Waals surface area (Å²) in [5, 5.41) is 3.20. The molecule has 0 saturated heterocycles. The number of Topliss-reactive ketones (excluding diaryl/α,β-unsaturated/α-hetero) is 1. The first-order chi connectivity index (χ1) is 8.56. The molecule has 0 amide bonds. The molecular weight excluding hydrogens is 226 g/mol. The Morgan fingerprint density at radius 1 is 1.28 bits per heavy atom. The van der Waals surface area contributed by atoms with Crippen molar-refractivity contribution in [2.75, 3.05) is 13.1 Å². The van der Waals surface area contributed by atoms with E-state index in [9.17, 15) is 4.79 Å². The molecule has 0 saturated carbocycles. The van der Waals surface area contributed by atoms with Gasteiger partial charge in [-0.3, -0.25) is 4.79 Å². The average molecular weight is 249 g/mol. The molecule has 0 fully saturated rings. The number of benzene rings is 1. The summed E-state index contributed by atoms with van der Waals surface area (Å²) in [6.07, 6.45) is 0.0722. The van der Waals surface area contributed by atoms with Gasteiger partial charge in [0, 0.05) is 12.5 Å². The summed E-state index contributed by atoms with van der Waals surface area (Å²) in [5.74, 6) is 0.773. The quantitative estimate of drug-likeness (QED) is 0.755. The van der Waals surface area contributed by atoms with E-state index in [0.29, 0.717) is 17.9 Å². The molecule has 0 aliphatic heterocycles. The van der Waals surface area contributed by atoms with Crippen molar-refractivity contribution in [2.45, 2.75) is 33.8 Å². The molecule has 0 radical (unpaired) electrons. The van der Waals surface area contributed by atoms with Crippen LogP contribution in [0.15, 0.2) is 24.3 Å². The highest BCUT2D eigenvalue weighted by atomic mass is 16.5. The molecule has 100 valence electrons. The lowest BCUT2D eigenvalue weighted by Crippen LogP contribution is -2.26. The highest BCUT2D eigenvalue weighted by Crippen LogP contribution is 2.22. The maximum atomic E-state index is 12.3. The van der Waals surface area contributed by atoms with E-state index in [1.165, 1.54) is 0 Å². The molecule has 1 aromatic rings. The number of ether oxygens (including phenoxy) is 1. The Hall–Kier alpha value is -1.35. The van der Waals surface area contributed by atoms with Crippen LogP contribution in [0.1, 0.15) is 38.1 Å². The van der Waals surface area contributed by atoms with E-state index < -0.39 is 0 Å². The normalized spacial score (nSPS) is 12.5. The van der Waals surface area contributed by atoms with E-state index in [1.54, 1.807) is 0 Å². The first kappa shape index (κ1) is 14.7. The number of hydrogen-bond donors (Lipinski definition) is 1. The van der Waals surface area contributed by atoms with Crippen LogP contribution in [-0.4, -0.2) is 25.0 Å². The van der Waals surface area contributed by atoms with Gasteiger partial charge in [-0.05, 0) is 32.5 Å². The van der Waals surface area contributed by atoms with Gasteiger partial charge in [0.15, 0.2) is 5.78 Å². The Morgan fingerprint density at radius 2 is 1.94 bits per heavy atom. The topological polar surface area (TPSA) is 38.3 Å². The zero-order valence-corrected chi connectivity index (χ0v) is 11.7. The Bertz CT molecular complexity index is 388. The molecule has 0 heterocycles. The Kier molecular flexibility index (Phi) is 5.86. The summed E-state index contributed by atoms with van der Waals surface area (Å²) >= 11 is 0. The summed E-state index contributed by atoms with van der Waals surface area (Å²) in [6.45, 7) is 9.48. The fraction of sp³-hybridized carbons (Fsp3) is 0.533. The molecule has 18 heavy (non-hydrogen) atoms. The molecule has 1 unspecified atom stereocenters. The summed E-state index contributed by atoms with van der Waals surface area (Å²) in [6, 6.07) is 7.46. The molecule has 3 nitrogen and oxygen atoms in total. The van der Waals surface area contributed by atoms with E-state index >= 15 is 0 Å². The second kappa shape index (κ2) is 7.17. The van der Waals surface area contributed by atoms with Gasteiger partial charge in [-0.15, -0.1) is 0 Å². The third-order valence-corrected chi connectivity index (χ3v) is 2.66. The predicted octanol–water partition coefficient (Wildman–Crippen LogP) is 2.90. The lowest BCUT2D eigenvalue weighted by Gasteiger charge is -2.16. The summed E-state index contributed by atoms with van der Waals surface area (Å²) in [5.41, 5.74) is 0.677. The zero-order valence-electron chi connectivity index (χ0n) is 11.7. The van der Waals surface area contributed by atoms with Crippen LogP contribution >= 0.6 is 0 Å². The number of carbonyl (C=O) groups is 1. The second-order valence-electron chi connectivity index (χ2n) is 4.74. The summed E-state index contributed by atoms with van der Waals surface area (Å²) < 4.78 is 5.68. The molecule has 0 aliphatic carbocycles. The van der Waals surface area contributed by atoms with Gasteiger partial charge in [0.25, 0.3) is 0 Å². The van der Waals surface area contributed by atoms with Crippen LogP contribution in [0.25, 0.3) is 0 Å². The predicted molar refractivity (Wildman–Crippen MR) is 74.2 cm³/mol.